The zero-order valence-corrected chi connectivity index (χ0v) is 17.8. The summed E-state index contributed by atoms with van der Waals surface area (Å²) in [4.78, 5) is 23.3. The molecule has 3 rings (SSSR count). The van der Waals surface area contributed by atoms with Crippen LogP contribution in [0.4, 0.5) is 11.4 Å². The molecule has 156 valence electrons. The van der Waals surface area contributed by atoms with Gasteiger partial charge < -0.3 is 9.88 Å². The van der Waals surface area contributed by atoms with E-state index in [-0.39, 0.29) is 11.3 Å². The second kappa shape index (κ2) is 8.67. The first-order chi connectivity index (χ1) is 14.7. The van der Waals surface area contributed by atoms with Crippen molar-refractivity contribution in [2.24, 2.45) is 0 Å². The van der Waals surface area contributed by atoms with Gasteiger partial charge in [0.2, 0.25) is 0 Å². The molecule has 7 heteroatoms. The van der Waals surface area contributed by atoms with Gasteiger partial charge in [-0.2, -0.15) is 5.26 Å². The first-order valence-electron chi connectivity index (χ1n) is 9.66. The number of anilines is 1. The van der Waals surface area contributed by atoms with E-state index in [2.05, 4.69) is 5.32 Å². The fourth-order valence-electron chi connectivity index (χ4n) is 3.52. The number of carbonyl (C=O) groups is 1. The number of para-hydroxylation sites is 1. The van der Waals surface area contributed by atoms with Crippen LogP contribution in [0, 0.1) is 49.1 Å². The molecule has 1 amide bonds. The van der Waals surface area contributed by atoms with Gasteiger partial charge in [0.05, 0.1) is 4.92 Å². The molecule has 0 unspecified atom stereocenters. The van der Waals surface area contributed by atoms with Crippen molar-refractivity contribution >= 4 is 23.4 Å². The molecule has 0 aliphatic carbocycles. The van der Waals surface area contributed by atoms with Crippen LogP contribution in [0.25, 0.3) is 11.8 Å². The summed E-state index contributed by atoms with van der Waals surface area (Å²) < 4.78 is 1.96. The summed E-state index contributed by atoms with van der Waals surface area (Å²) in [6.07, 6.45) is 1.56. The molecule has 0 fully saturated rings. The van der Waals surface area contributed by atoms with Crippen LogP contribution < -0.4 is 5.32 Å². The molecule has 0 aliphatic heterocycles. The number of nitriles is 1. The van der Waals surface area contributed by atoms with Crippen molar-refractivity contribution in [3.05, 3.63) is 92.3 Å². The van der Waals surface area contributed by atoms with Gasteiger partial charge in [0.25, 0.3) is 11.6 Å². The van der Waals surface area contributed by atoms with E-state index < -0.39 is 10.8 Å². The zero-order chi connectivity index (χ0) is 22.7. The number of nitrogens with one attached hydrogen (secondary N) is 1. The Kier molecular flexibility index (Phi) is 6.02. The number of nitro groups is 1. The number of amides is 1. The minimum absolute atomic E-state index is 0.0103. The number of benzene rings is 2. The molecule has 0 aliphatic rings. The van der Waals surface area contributed by atoms with Crippen molar-refractivity contribution in [1.82, 2.24) is 4.57 Å². The first-order valence-corrected chi connectivity index (χ1v) is 9.66. The maximum absolute atomic E-state index is 12.7. The lowest BCUT2D eigenvalue weighted by molar-refractivity contribution is -0.384. The van der Waals surface area contributed by atoms with Gasteiger partial charge in [-0.3, -0.25) is 14.9 Å². The standard InChI is InChI=1S/C24H22N4O3/c1-15-7-5-6-8-22(15)26-24(29)20(14-25)13-19-12-17(3)27(18(19)4)23-10-9-21(28(30)31)11-16(23)2/h5-13H,1-4H3,(H,26,29)/b20-13+. The van der Waals surface area contributed by atoms with E-state index in [0.717, 1.165) is 33.8 Å². The molecule has 3 aromatic rings. The molecule has 1 N–H and O–H groups in total. The average Bonchev–Trinajstić information content (AvgIpc) is 3.00. The molecule has 31 heavy (non-hydrogen) atoms. The molecule has 1 heterocycles. The largest absolute Gasteiger partial charge is 0.321 e. The van der Waals surface area contributed by atoms with Crippen LogP contribution >= 0.6 is 0 Å². The Morgan fingerprint density at radius 1 is 1.10 bits per heavy atom. The van der Waals surface area contributed by atoms with Gasteiger partial charge >= 0.3 is 0 Å². The van der Waals surface area contributed by atoms with Crippen LogP contribution in [0.15, 0.2) is 54.1 Å². The quantitative estimate of drug-likeness (QED) is 0.269. The maximum atomic E-state index is 12.7. The number of rotatable bonds is 5. The first kappa shape index (κ1) is 21.5. The van der Waals surface area contributed by atoms with Crippen molar-refractivity contribution < 1.29 is 9.72 Å². The van der Waals surface area contributed by atoms with Gasteiger partial charge in [-0.1, -0.05) is 18.2 Å². The van der Waals surface area contributed by atoms with E-state index in [1.54, 1.807) is 18.2 Å². The number of hydrogen-bond donors (Lipinski definition) is 1. The Bertz CT molecular complexity index is 1260. The van der Waals surface area contributed by atoms with Crippen molar-refractivity contribution in [1.29, 1.82) is 5.26 Å². The lowest BCUT2D eigenvalue weighted by Gasteiger charge is -2.12. The Balaban J connectivity index is 1.98. The number of nitrogens with zero attached hydrogens (tertiary/aromatic N) is 3. The normalized spacial score (nSPS) is 11.1. The summed E-state index contributed by atoms with van der Waals surface area (Å²) >= 11 is 0. The SMILES string of the molecule is Cc1ccccc1NC(=O)/C(C#N)=C/c1cc(C)n(-c2ccc([N+](=O)[O-])cc2C)c1C. The van der Waals surface area contributed by atoms with Crippen molar-refractivity contribution in [2.45, 2.75) is 27.7 Å². The fraction of sp³-hybridized carbons (Fsp3) is 0.167. The van der Waals surface area contributed by atoms with Crippen LogP contribution in [-0.4, -0.2) is 15.4 Å². The predicted molar refractivity (Wildman–Crippen MR) is 120 cm³/mol. The van der Waals surface area contributed by atoms with Crippen LogP contribution in [0.3, 0.4) is 0 Å². The Morgan fingerprint density at radius 3 is 2.42 bits per heavy atom. The minimum atomic E-state index is -0.479. The van der Waals surface area contributed by atoms with Gasteiger partial charge in [0.15, 0.2) is 0 Å². The lowest BCUT2D eigenvalue weighted by Crippen LogP contribution is -2.14. The number of hydrogen-bond acceptors (Lipinski definition) is 4. The average molecular weight is 414 g/mol. The molecular formula is C24H22N4O3. The highest BCUT2D eigenvalue weighted by Crippen LogP contribution is 2.27. The third-order valence-corrected chi connectivity index (χ3v) is 5.16. The molecule has 1 aromatic heterocycles. The Labute approximate surface area is 180 Å². The maximum Gasteiger partial charge on any atom is 0.269 e. The number of non-ortho nitro benzene ring substituents is 1. The Morgan fingerprint density at radius 2 is 1.81 bits per heavy atom. The van der Waals surface area contributed by atoms with Gasteiger partial charge in [-0.05, 0) is 68.7 Å². The molecule has 7 nitrogen and oxygen atoms in total. The van der Waals surface area contributed by atoms with Crippen molar-refractivity contribution in [3.63, 3.8) is 0 Å². The number of nitro benzene ring substituents is 1. The summed E-state index contributed by atoms with van der Waals surface area (Å²) in [6, 6.07) is 15.9. The zero-order valence-electron chi connectivity index (χ0n) is 17.8. The van der Waals surface area contributed by atoms with Gasteiger partial charge in [0, 0.05) is 34.9 Å². The molecule has 2 aromatic carbocycles. The summed E-state index contributed by atoms with van der Waals surface area (Å²) in [7, 11) is 0. The van der Waals surface area contributed by atoms with E-state index in [1.807, 2.05) is 62.6 Å². The monoisotopic (exact) mass is 414 g/mol. The summed E-state index contributed by atoms with van der Waals surface area (Å²) in [5, 5.41) is 23.4. The van der Waals surface area contributed by atoms with Crippen molar-refractivity contribution in [3.8, 4) is 11.8 Å². The molecule has 0 atom stereocenters. The summed E-state index contributed by atoms with van der Waals surface area (Å²) in [5.41, 5.74) is 5.58. The molecule has 0 spiro atoms. The predicted octanol–water partition coefficient (Wildman–Crippen LogP) is 5.16. The van der Waals surface area contributed by atoms with Gasteiger partial charge in [-0.15, -0.1) is 0 Å². The number of aryl methyl sites for hydroxylation is 3. The highest BCUT2D eigenvalue weighted by atomic mass is 16.6. The molecule has 0 saturated carbocycles. The second-order valence-corrected chi connectivity index (χ2v) is 7.33. The van der Waals surface area contributed by atoms with Crippen molar-refractivity contribution in [2.75, 3.05) is 5.32 Å². The van der Waals surface area contributed by atoms with E-state index in [9.17, 15) is 20.2 Å². The summed E-state index contributed by atoms with van der Waals surface area (Å²) in [5.74, 6) is -0.479. The van der Waals surface area contributed by atoms with E-state index >= 15 is 0 Å². The Hall–Kier alpha value is -4.18. The van der Waals surface area contributed by atoms with Gasteiger partial charge in [0.1, 0.15) is 11.6 Å². The number of carbonyl (C=O) groups excluding carboxylic acids is 1. The fourth-order valence-corrected chi connectivity index (χ4v) is 3.52. The topological polar surface area (TPSA) is 101 Å². The van der Waals surface area contributed by atoms with Crippen LogP contribution in [-0.2, 0) is 4.79 Å². The molecular weight excluding hydrogens is 392 g/mol. The summed E-state index contributed by atoms with van der Waals surface area (Å²) in [6.45, 7) is 7.48. The number of aromatic nitrogens is 1. The molecule has 0 saturated heterocycles. The highest BCUT2D eigenvalue weighted by molar-refractivity contribution is 6.10. The highest BCUT2D eigenvalue weighted by Gasteiger charge is 2.16. The van der Waals surface area contributed by atoms with E-state index in [0.29, 0.717) is 5.69 Å². The smallest absolute Gasteiger partial charge is 0.269 e. The van der Waals surface area contributed by atoms with Crippen LogP contribution in [0.5, 0.6) is 0 Å². The van der Waals surface area contributed by atoms with Crippen LogP contribution in [0.1, 0.15) is 28.1 Å². The third kappa shape index (κ3) is 4.38. The van der Waals surface area contributed by atoms with Gasteiger partial charge in [-0.25, -0.2) is 0 Å². The van der Waals surface area contributed by atoms with E-state index in [4.69, 9.17) is 0 Å². The van der Waals surface area contributed by atoms with Crippen LogP contribution in [0.2, 0.25) is 0 Å². The lowest BCUT2D eigenvalue weighted by atomic mass is 10.1. The second-order valence-electron chi connectivity index (χ2n) is 7.33. The minimum Gasteiger partial charge on any atom is -0.321 e. The van der Waals surface area contributed by atoms with E-state index in [1.165, 1.54) is 12.1 Å². The molecule has 0 radical (unpaired) electrons. The molecule has 0 bridgehead atoms. The third-order valence-electron chi connectivity index (χ3n) is 5.16.